The van der Waals surface area contributed by atoms with E-state index in [1.807, 2.05) is 12.1 Å². The van der Waals surface area contributed by atoms with Crippen molar-refractivity contribution in [1.82, 2.24) is 0 Å². The Morgan fingerprint density at radius 1 is 0.905 bits per heavy atom. The fraction of sp³-hybridized carbons (Fsp3) is 0.263. The number of allylic oxidation sites excluding steroid dienone is 6. The van der Waals surface area contributed by atoms with E-state index in [2.05, 4.69) is 13.8 Å². The first kappa shape index (κ1) is 12.5. The summed E-state index contributed by atoms with van der Waals surface area (Å²) in [4.78, 5) is 25.6. The van der Waals surface area contributed by atoms with Crippen LogP contribution in [0.2, 0.25) is 0 Å². The molecule has 0 saturated heterocycles. The number of Topliss-reactive ketones (excluding diaryl/α,β-unsaturated/α-hetero) is 2. The Morgan fingerprint density at radius 3 is 2.24 bits per heavy atom. The molecule has 0 aliphatic heterocycles. The van der Waals surface area contributed by atoms with Gasteiger partial charge in [-0.25, -0.2) is 0 Å². The van der Waals surface area contributed by atoms with Gasteiger partial charge in [-0.05, 0) is 30.9 Å². The maximum atomic E-state index is 12.9. The van der Waals surface area contributed by atoms with Gasteiger partial charge in [-0.3, -0.25) is 9.59 Å². The molecule has 3 aliphatic rings. The summed E-state index contributed by atoms with van der Waals surface area (Å²) in [6, 6.07) is 7.19. The van der Waals surface area contributed by atoms with Crippen LogP contribution in [0.15, 0.2) is 57.7 Å². The topological polar surface area (TPSA) is 34.1 Å². The van der Waals surface area contributed by atoms with Crippen LogP contribution in [0.3, 0.4) is 0 Å². The summed E-state index contributed by atoms with van der Waals surface area (Å²) >= 11 is 0. The molecule has 0 amide bonds. The molecule has 4 rings (SSSR count). The van der Waals surface area contributed by atoms with Gasteiger partial charge in [-0.1, -0.05) is 42.3 Å². The molecule has 2 heteroatoms. The van der Waals surface area contributed by atoms with E-state index in [4.69, 9.17) is 0 Å². The van der Waals surface area contributed by atoms with Crippen molar-refractivity contribution in [3.8, 4) is 0 Å². The van der Waals surface area contributed by atoms with Crippen LogP contribution < -0.4 is 0 Å². The number of benzene rings is 1. The number of fused-ring (bicyclic) bond motifs is 3. The smallest absolute Gasteiger partial charge is 0.194 e. The molecule has 0 spiro atoms. The Labute approximate surface area is 123 Å². The zero-order valence-electron chi connectivity index (χ0n) is 12.2. The predicted octanol–water partition coefficient (Wildman–Crippen LogP) is 4.19. The lowest BCUT2D eigenvalue weighted by Crippen LogP contribution is -2.20. The Hall–Kier alpha value is -2.22. The Bertz CT molecular complexity index is 816. The summed E-state index contributed by atoms with van der Waals surface area (Å²) in [6.45, 7) is 4.24. The van der Waals surface area contributed by atoms with Crippen molar-refractivity contribution in [3.05, 3.63) is 68.8 Å². The monoisotopic (exact) mass is 276 g/mol. The van der Waals surface area contributed by atoms with Crippen LogP contribution in [-0.4, -0.2) is 11.6 Å². The number of ketones is 2. The average Bonchev–Trinajstić information content (AvgIpc) is 3.03. The first-order valence-electron chi connectivity index (χ1n) is 7.46. The highest BCUT2D eigenvalue weighted by atomic mass is 16.1. The van der Waals surface area contributed by atoms with Gasteiger partial charge in [0.25, 0.3) is 0 Å². The van der Waals surface area contributed by atoms with Gasteiger partial charge in [-0.2, -0.15) is 0 Å². The second-order valence-electron chi connectivity index (χ2n) is 6.00. The third kappa shape index (κ3) is 1.48. The van der Waals surface area contributed by atoms with E-state index in [-0.39, 0.29) is 11.6 Å². The van der Waals surface area contributed by atoms with Gasteiger partial charge < -0.3 is 0 Å². The van der Waals surface area contributed by atoms with Crippen molar-refractivity contribution in [2.24, 2.45) is 0 Å². The fourth-order valence-corrected chi connectivity index (χ4v) is 3.90. The minimum atomic E-state index is 0.0295. The fourth-order valence-electron chi connectivity index (χ4n) is 3.90. The van der Waals surface area contributed by atoms with Gasteiger partial charge in [0.2, 0.25) is 0 Å². The zero-order valence-corrected chi connectivity index (χ0v) is 12.2. The highest BCUT2D eigenvalue weighted by Crippen LogP contribution is 2.50. The lowest BCUT2D eigenvalue weighted by Gasteiger charge is -2.16. The summed E-state index contributed by atoms with van der Waals surface area (Å²) in [7, 11) is 0. The summed E-state index contributed by atoms with van der Waals surface area (Å²) < 4.78 is 0. The van der Waals surface area contributed by atoms with E-state index in [0.717, 1.165) is 18.4 Å². The van der Waals surface area contributed by atoms with E-state index in [0.29, 0.717) is 28.7 Å². The predicted molar refractivity (Wildman–Crippen MR) is 81.4 cm³/mol. The second kappa shape index (κ2) is 4.14. The van der Waals surface area contributed by atoms with E-state index in [1.165, 1.54) is 16.7 Å². The van der Waals surface area contributed by atoms with E-state index < -0.39 is 0 Å². The average molecular weight is 276 g/mol. The maximum absolute atomic E-state index is 12.9. The largest absolute Gasteiger partial charge is 0.289 e. The molecule has 0 bridgehead atoms. The molecule has 0 radical (unpaired) electrons. The van der Waals surface area contributed by atoms with Gasteiger partial charge in [0.15, 0.2) is 11.6 Å². The van der Waals surface area contributed by atoms with Crippen LogP contribution in [0, 0.1) is 0 Å². The van der Waals surface area contributed by atoms with Crippen LogP contribution in [-0.2, 0) is 0 Å². The number of hydrogen-bond acceptors (Lipinski definition) is 2. The van der Waals surface area contributed by atoms with Crippen molar-refractivity contribution < 1.29 is 9.59 Å². The lowest BCUT2D eigenvalue weighted by atomic mass is 9.84. The maximum Gasteiger partial charge on any atom is 0.194 e. The van der Waals surface area contributed by atoms with Gasteiger partial charge in [-0.15, -0.1) is 0 Å². The van der Waals surface area contributed by atoms with Crippen molar-refractivity contribution in [1.29, 1.82) is 0 Å². The molecule has 2 nitrogen and oxygen atoms in total. The van der Waals surface area contributed by atoms with Crippen LogP contribution >= 0.6 is 0 Å². The van der Waals surface area contributed by atoms with Crippen molar-refractivity contribution in [2.45, 2.75) is 33.1 Å². The number of carbonyl (C=O) groups is 2. The standard InChI is InChI=1S/C19H16O2/c1-3-11-8-10(2)16-14(11)9-15-17(16)19(21)13-7-5-4-6-12(13)18(15)20/h4-7H,3,8-9H2,1-2H3. The molecule has 0 saturated carbocycles. The summed E-state index contributed by atoms with van der Waals surface area (Å²) in [5, 5.41) is 0. The van der Waals surface area contributed by atoms with E-state index >= 15 is 0 Å². The van der Waals surface area contributed by atoms with Crippen LogP contribution in [0.5, 0.6) is 0 Å². The molecule has 0 fully saturated rings. The molecule has 1 aromatic carbocycles. The zero-order chi connectivity index (χ0) is 14.7. The molecular weight excluding hydrogens is 260 g/mol. The van der Waals surface area contributed by atoms with E-state index in [9.17, 15) is 9.59 Å². The minimum Gasteiger partial charge on any atom is -0.289 e. The van der Waals surface area contributed by atoms with Crippen LogP contribution in [0.1, 0.15) is 53.8 Å². The third-order valence-electron chi connectivity index (χ3n) is 4.88. The Kier molecular flexibility index (Phi) is 2.47. The molecule has 0 unspecified atom stereocenters. The normalized spacial score (nSPS) is 20.3. The molecule has 0 N–H and O–H groups in total. The molecule has 0 aromatic heterocycles. The van der Waals surface area contributed by atoms with Gasteiger partial charge in [0.05, 0.1) is 0 Å². The number of hydrogen-bond donors (Lipinski definition) is 0. The molecule has 21 heavy (non-hydrogen) atoms. The number of rotatable bonds is 1. The van der Waals surface area contributed by atoms with Crippen molar-refractivity contribution >= 4 is 11.6 Å². The SMILES string of the molecule is CCC1=C2CC3=C(C(=O)c4ccccc4C3=O)C2=C(C)C1. The molecule has 3 aliphatic carbocycles. The Balaban J connectivity index is 1.96. The molecule has 0 heterocycles. The summed E-state index contributed by atoms with van der Waals surface area (Å²) in [5.74, 6) is 0.0692. The highest BCUT2D eigenvalue weighted by molar-refractivity contribution is 6.30. The van der Waals surface area contributed by atoms with Gasteiger partial charge >= 0.3 is 0 Å². The van der Waals surface area contributed by atoms with Gasteiger partial charge in [0, 0.05) is 28.7 Å². The Morgan fingerprint density at radius 2 is 1.57 bits per heavy atom. The van der Waals surface area contributed by atoms with Crippen molar-refractivity contribution in [3.63, 3.8) is 0 Å². The van der Waals surface area contributed by atoms with Crippen LogP contribution in [0.25, 0.3) is 0 Å². The van der Waals surface area contributed by atoms with Crippen LogP contribution in [0.4, 0.5) is 0 Å². The highest BCUT2D eigenvalue weighted by Gasteiger charge is 2.42. The number of carbonyl (C=O) groups excluding carboxylic acids is 2. The van der Waals surface area contributed by atoms with Gasteiger partial charge in [0.1, 0.15) is 0 Å². The quantitative estimate of drug-likeness (QED) is 0.770. The molecule has 104 valence electrons. The summed E-state index contributed by atoms with van der Waals surface area (Å²) in [5.41, 5.74) is 7.49. The molecule has 0 atom stereocenters. The first-order valence-corrected chi connectivity index (χ1v) is 7.46. The minimum absolute atomic E-state index is 0.0295. The molecular formula is C19H16O2. The first-order chi connectivity index (χ1) is 10.1. The molecule has 1 aromatic rings. The van der Waals surface area contributed by atoms with E-state index in [1.54, 1.807) is 12.1 Å². The third-order valence-corrected chi connectivity index (χ3v) is 4.88. The summed E-state index contributed by atoms with van der Waals surface area (Å²) in [6.07, 6.45) is 2.59. The second-order valence-corrected chi connectivity index (χ2v) is 6.00. The van der Waals surface area contributed by atoms with Crippen molar-refractivity contribution in [2.75, 3.05) is 0 Å². The lowest BCUT2D eigenvalue weighted by molar-refractivity contribution is 0.0977.